The fraction of sp³-hybridized carbons (Fsp3) is 0.250. The molecule has 4 nitrogen and oxygen atoms in total. The first-order valence-electron chi connectivity index (χ1n) is 6.76. The van der Waals surface area contributed by atoms with Crippen LogP contribution in [-0.2, 0) is 0 Å². The van der Waals surface area contributed by atoms with Crippen molar-refractivity contribution in [2.75, 3.05) is 19.8 Å². The Kier molecular flexibility index (Phi) is 4.18. The predicted octanol–water partition coefficient (Wildman–Crippen LogP) is 3.19. The van der Waals surface area contributed by atoms with Crippen LogP contribution in [0.4, 0.5) is 0 Å². The van der Waals surface area contributed by atoms with Crippen molar-refractivity contribution < 1.29 is 14.2 Å². The lowest BCUT2D eigenvalue weighted by Crippen LogP contribution is -2.20. The van der Waals surface area contributed by atoms with Gasteiger partial charge in [-0.15, -0.1) is 0 Å². The predicted molar refractivity (Wildman–Crippen MR) is 81.3 cm³/mol. The van der Waals surface area contributed by atoms with Crippen molar-refractivity contribution in [1.82, 2.24) is 0 Å². The minimum absolute atomic E-state index is 0.239. The van der Waals surface area contributed by atoms with E-state index in [1.807, 2.05) is 30.3 Å². The highest BCUT2D eigenvalue weighted by atomic mass is 35.5. The summed E-state index contributed by atoms with van der Waals surface area (Å²) in [6.07, 6.45) is 0. The Morgan fingerprint density at radius 2 is 1.76 bits per heavy atom. The van der Waals surface area contributed by atoms with E-state index in [4.69, 9.17) is 31.5 Å². The van der Waals surface area contributed by atoms with Gasteiger partial charge >= 0.3 is 0 Å². The summed E-state index contributed by atoms with van der Waals surface area (Å²) in [5.41, 5.74) is 7.11. The average Bonchev–Trinajstić information content (AvgIpc) is 2.53. The van der Waals surface area contributed by atoms with Gasteiger partial charge in [0.1, 0.15) is 25.6 Å². The van der Waals surface area contributed by atoms with Gasteiger partial charge in [0.05, 0.1) is 6.04 Å². The molecule has 1 heterocycles. The molecule has 0 fully saturated rings. The molecule has 1 aliphatic heterocycles. The maximum absolute atomic E-state index is 6.16. The van der Waals surface area contributed by atoms with Gasteiger partial charge in [-0.1, -0.05) is 17.7 Å². The van der Waals surface area contributed by atoms with E-state index in [1.54, 1.807) is 12.1 Å². The zero-order valence-electron chi connectivity index (χ0n) is 11.4. The lowest BCUT2D eigenvalue weighted by Gasteiger charge is -2.20. The minimum Gasteiger partial charge on any atom is -0.492 e. The van der Waals surface area contributed by atoms with Crippen LogP contribution in [0.1, 0.15) is 11.6 Å². The Morgan fingerprint density at radius 1 is 1.05 bits per heavy atom. The van der Waals surface area contributed by atoms with E-state index in [9.17, 15) is 0 Å². The molecule has 21 heavy (non-hydrogen) atoms. The summed E-state index contributed by atoms with van der Waals surface area (Å²) in [7, 11) is 0. The third-order valence-corrected chi connectivity index (χ3v) is 3.49. The lowest BCUT2D eigenvalue weighted by molar-refractivity contribution is 0.171. The van der Waals surface area contributed by atoms with Gasteiger partial charge in [0.15, 0.2) is 11.5 Å². The van der Waals surface area contributed by atoms with E-state index in [0.29, 0.717) is 24.8 Å². The van der Waals surface area contributed by atoms with Crippen LogP contribution in [0.3, 0.4) is 0 Å². The maximum Gasteiger partial charge on any atom is 0.161 e. The number of ether oxygens (including phenoxy) is 3. The fourth-order valence-electron chi connectivity index (χ4n) is 2.10. The number of halogens is 1. The molecule has 1 atom stereocenters. The number of benzene rings is 2. The minimum atomic E-state index is -0.239. The summed E-state index contributed by atoms with van der Waals surface area (Å²) in [4.78, 5) is 0. The quantitative estimate of drug-likeness (QED) is 0.942. The molecule has 2 aromatic rings. The zero-order valence-corrected chi connectivity index (χ0v) is 12.2. The molecule has 5 heteroatoms. The van der Waals surface area contributed by atoms with Crippen molar-refractivity contribution in [2.24, 2.45) is 5.73 Å². The summed E-state index contributed by atoms with van der Waals surface area (Å²) in [6, 6.07) is 12.7. The van der Waals surface area contributed by atoms with E-state index in [-0.39, 0.29) is 6.04 Å². The van der Waals surface area contributed by atoms with Crippen molar-refractivity contribution in [2.45, 2.75) is 6.04 Å². The van der Waals surface area contributed by atoms with Gasteiger partial charge in [0.2, 0.25) is 0 Å². The van der Waals surface area contributed by atoms with E-state index in [2.05, 4.69) is 0 Å². The highest BCUT2D eigenvalue weighted by Gasteiger charge is 2.15. The summed E-state index contributed by atoms with van der Waals surface area (Å²) in [6.45, 7) is 1.52. The lowest BCUT2D eigenvalue weighted by atomic mass is 10.1. The molecule has 2 aromatic carbocycles. The largest absolute Gasteiger partial charge is 0.492 e. The van der Waals surface area contributed by atoms with Crippen LogP contribution in [0, 0.1) is 0 Å². The molecular weight excluding hydrogens is 290 g/mol. The summed E-state index contributed by atoms with van der Waals surface area (Å²) >= 11 is 5.83. The van der Waals surface area contributed by atoms with Crippen LogP contribution < -0.4 is 19.9 Å². The van der Waals surface area contributed by atoms with Crippen LogP contribution in [0.2, 0.25) is 5.02 Å². The number of hydrogen-bond donors (Lipinski definition) is 1. The van der Waals surface area contributed by atoms with Gasteiger partial charge in [-0.25, -0.2) is 0 Å². The normalized spacial score (nSPS) is 14.6. The summed E-state index contributed by atoms with van der Waals surface area (Å²) < 4.78 is 16.7. The van der Waals surface area contributed by atoms with Gasteiger partial charge in [0.25, 0.3) is 0 Å². The Labute approximate surface area is 128 Å². The standard InChI is InChI=1S/C16H16ClNO3/c17-12-2-4-13(5-3-12)21-10-14(18)11-1-6-15-16(9-11)20-8-7-19-15/h1-6,9,14H,7-8,10,18H2. The molecular formula is C16H16ClNO3. The Hall–Kier alpha value is -1.91. The Bertz CT molecular complexity index is 615. The zero-order chi connectivity index (χ0) is 14.7. The topological polar surface area (TPSA) is 53.7 Å². The molecule has 0 radical (unpaired) electrons. The SMILES string of the molecule is NC(COc1ccc(Cl)cc1)c1ccc2c(c1)OCCO2. The third kappa shape index (κ3) is 3.40. The Balaban J connectivity index is 1.65. The molecule has 0 aliphatic carbocycles. The van der Waals surface area contributed by atoms with Crippen LogP contribution in [0.5, 0.6) is 17.2 Å². The molecule has 3 rings (SSSR count). The van der Waals surface area contributed by atoms with Gasteiger partial charge < -0.3 is 19.9 Å². The number of fused-ring (bicyclic) bond motifs is 1. The third-order valence-electron chi connectivity index (χ3n) is 3.24. The van der Waals surface area contributed by atoms with Gasteiger partial charge in [-0.2, -0.15) is 0 Å². The first-order chi connectivity index (χ1) is 10.2. The number of rotatable bonds is 4. The van der Waals surface area contributed by atoms with E-state index >= 15 is 0 Å². The molecule has 0 aromatic heterocycles. The van der Waals surface area contributed by atoms with Crippen LogP contribution in [0.15, 0.2) is 42.5 Å². The molecule has 0 spiro atoms. The van der Waals surface area contributed by atoms with Crippen LogP contribution in [-0.4, -0.2) is 19.8 Å². The Morgan fingerprint density at radius 3 is 2.52 bits per heavy atom. The first kappa shape index (κ1) is 14.0. The fourth-order valence-corrected chi connectivity index (χ4v) is 2.23. The van der Waals surface area contributed by atoms with E-state index < -0.39 is 0 Å². The molecule has 0 saturated carbocycles. The molecule has 0 saturated heterocycles. The monoisotopic (exact) mass is 305 g/mol. The van der Waals surface area contributed by atoms with Gasteiger partial charge in [-0.05, 0) is 42.0 Å². The molecule has 2 N–H and O–H groups in total. The van der Waals surface area contributed by atoms with Crippen molar-refractivity contribution >= 4 is 11.6 Å². The van der Waals surface area contributed by atoms with Crippen molar-refractivity contribution in [3.05, 3.63) is 53.1 Å². The molecule has 0 bridgehead atoms. The van der Waals surface area contributed by atoms with E-state index in [0.717, 1.165) is 22.8 Å². The van der Waals surface area contributed by atoms with Crippen molar-refractivity contribution in [3.63, 3.8) is 0 Å². The molecule has 110 valence electrons. The van der Waals surface area contributed by atoms with Gasteiger partial charge in [0, 0.05) is 5.02 Å². The number of nitrogens with two attached hydrogens (primary N) is 1. The summed E-state index contributed by atoms with van der Waals surface area (Å²) in [5.74, 6) is 2.24. The summed E-state index contributed by atoms with van der Waals surface area (Å²) in [5, 5.41) is 0.679. The highest BCUT2D eigenvalue weighted by Crippen LogP contribution is 2.32. The van der Waals surface area contributed by atoms with Crippen LogP contribution >= 0.6 is 11.6 Å². The smallest absolute Gasteiger partial charge is 0.161 e. The molecule has 0 amide bonds. The molecule has 1 aliphatic rings. The maximum atomic E-state index is 6.16. The second-order valence-corrected chi connectivity index (χ2v) is 5.21. The van der Waals surface area contributed by atoms with Crippen molar-refractivity contribution in [1.29, 1.82) is 0 Å². The number of hydrogen-bond acceptors (Lipinski definition) is 4. The first-order valence-corrected chi connectivity index (χ1v) is 7.14. The highest BCUT2D eigenvalue weighted by molar-refractivity contribution is 6.30. The molecule has 1 unspecified atom stereocenters. The van der Waals surface area contributed by atoms with Crippen LogP contribution in [0.25, 0.3) is 0 Å². The van der Waals surface area contributed by atoms with Gasteiger partial charge in [-0.3, -0.25) is 0 Å². The van der Waals surface area contributed by atoms with E-state index in [1.165, 1.54) is 0 Å². The second kappa shape index (κ2) is 6.24. The average molecular weight is 306 g/mol. The second-order valence-electron chi connectivity index (χ2n) is 4.77. The van der Waals surface area contributed by atoms with Crippen molar-refractivity contribution in [3.8, 4) is 17.2 Å².